The normalized spacial score (nSPS) is 13.2. The highest BCUT2D eigenvalue weighted by Crippen LogP contribution is 2.21. The molecule has 2 aromatic carbocycles. The zero-order valence-electron chi connectivity index (χ0n) is 12.1. The van der Waals surface area contributed by atoms with E-state index in [0.29, 0.717) is 0 Å². The molecular weight excluding hydrogens is 244 g/mol. The monoisotopic (exact) mass is 264 g/mol. The van der Waals surface area contributed by atoms with Gasteiger partial charge in [-0.2, -0.15) is 5.26 Å². The number of nitrogens with zero attached hydrogens (tertiary/aromatic N) is 1. The Bertz CT molecular complexity index is 598. The molecule has 1 N–H and O–H groups in total. The lowest BCUT2D eigenvalue weighted by Gasteiger charge is -2.24. The Hall–Kier alpha value is -2.27. The van der Waals surface area contributed by atoms with Gasteiger partial charge in [-0.15, -0.1) is 0 Å². The fourth-order valence-electron chi connectivity index (χ4n) is 2.23. The average Bonchev–Trinajstić information content (AvgIpc) is 2.46. The molecule has 0 aliphatic carbocycles. The number of aryl methyl sites for hydroxylation is 2. The number of nitriles is 1. The quantitative estimate of drug-likeness (QED) is 0.872. The lowest BCUT2D eigenvalue weighted by Crippen LogP contribution is -2.33. The fourth-order valence-corrected chi connectivity index (χ4v) is 2.23. The molecule has 2 aromatic rings. The molecule has 0 fully saturated rings. The van der Waals surface area contributed by atoms with Crippen molar-refractivity contribution in [1.82, 2.24) is 0 Å². The van der Waals surface area contributed by atoms with Gasteiger partial charge in [0, 0.05) is 5.69 Å². The first-order valence-corrected chi connectivity index (χ1v) is 6.91. The molecule has 0 saturated carbocycles. The van der Waals surface area contributed by atoms with Crippen LogP contribution in [0.5, 0.6) is 0 Å². The summed E-state index contributed by atoms with van der Waals surface area (Å²) >= 11 is 0. The second-order valence-electron chi connectivity index (χ2n) is 5.42. The van der Waals surface area contributed by atoms with Crippen molar-refractivity contribution in [2.24, 2.45) is 0 Å². The van der Waals surface area contributed by atoms with Crippen LogP contribution < -0.4 is 5.32 Å². The molecule has 0 heterocycles. The molecule has 20 heavy (non-hydrogen) atoms. The molecule has 1 atom stereocenters. The first-order valence-electron chi connectivity index (χ1n) is 6.91. The minimum atomic E-state index is -0.552. The third-order valence-corrected chi connectivity index (χ3v) is 3.44. The van der Waals surface area contributed by atoms with Crippen molar-refractivity contribution in [2.75, 3.05) is 5.32 Å². The maximum atomic E-state index is 9.48. The summed E-state index contributed by atoms with van der Waals surface area (Å²) in [5.74, 6) is 0. The molecule has 2 nitrogen and oxygen atoms in total. The summed E-state index contributed by atoms with van der Waals surface area (Å²) in [4.78, 5) is 0. The average molecular weight is 264 g/mol. The van der Waals surface area contributed by atoms with Crippen molar-refractivity contribution in [2.45, 2.75) is 32.2 Å². The molecule has 2 rings (SSSR count). The van der Waals surface area contributed by atoms with Crippen LogP contribution in [0.25, 0.3) is 0 Å². The van der Waals surface area contributed by atoms with Crippen LogP contribution in [-0.4, -0.2) is 5.54 Å². The van der Waals surface area contributed by atoms with E-state index in [4.69, 9.17) is 0 Å². The third kappa shape index (κ3) is 3.86. The summed E-state index contributed by atoms with van der Waals surface area (Å²) in [5, 5.41) is 12.8. The van der Waals surface area contributed by atoms with Crippen molar-refractivity contribution in [3.63, 3.8) is 0 Å². The molecule has 0 aliphatic rings. The highest BCUT2D eigenvalue weighted by Gasteiger charge is 2.23. The van der Waals surface area contributed by atoms with E-state index < -0.39 is 5.54 Å². The predicted octanol–water partition coefficient (Wildman–Crippen LogP) is 4.32. The third-order valence-electron chi connectivity index (χ3n) is 3.44. The Balaban J connectivity index is 2.04. The number of hydrogen-bond acceptors (Lipinski definition) is 2. The van der Waals surface area contributed by atoms with E-state index >= 15 is 0 Å². The van der Waals surface area contributed by atoms with Gasteiger partial charge in [-0.25, -0.2) is 0 Å². The van der Waals surface area contributed by atoms with Crippen molar-refractivity contribution >= 4 is 5.69 Å². The molecule has 2 heteroatoms. The summed E-state index contributed by atoms with van der Waals surface area (Å²) in [5.41, 5.74) is 2.91. The molecule has 0 amide bonds. The highest BCUT2D eigenvalue weighted by molar-refractivity contribution is 5.49. The van der Waals surface area contributed by atoms with Crippen LogP contribution in [0, 0.1) is 18.3 Å². The molecule has 0 spiro atoms. The zero-order chi connectivity index (χ0) is 14.4. The second kappa shape index (κ2) is 6.25. The predicted molar refractivity (Wildman–Crippen MR) is 83.6 cm³/mol. The highest BCUT2D eigenvalue weighted by atomic mass is 15.0. The topological polar surface area (TPSA) is 35.8 Å². The van der Waals surface area contributed by atoms with E-state index in [1.54, 1.807) is 0 Å². The van der Waals surface area contributed by atoms with Gasteiger partial charge < -0.3 is 5.32 Å². The second-order valence-corrected chi connectivity index (χ2v) is 5.42. The first kappa shape index (κ1) is 14.1. The first-order chi connectivity index (χ1) is 9.61. The number of nitrogens with one attached hydrogen (secondary N) is 1. The number of hydrogen-bond donors (Lipinski definition) is 1. The van der Waals surface area contributed by atoms with Crippen LogP contribution in [-0.2, 0) is 6.42 Å². The van der Waals surface area contributed by atoms with Crippen LogP contribution in [0.15, 0.2) is 54.6 Å². The maximum absolute atomic E-state index is 9.48. The molecule has 0 bridgehead atoms. The summed E-state index contributed by atoms with van der Waals surface area (Å²) < 4.78 is 0. The summed E-state index contributed by atoms with van der Waals surface area (Å²) in [6.45, 7) is 4.01. The number of benzene rings is 2. The van der Waals surface area contributed by atoms with Crippen molar-refractivity contribution < 1.29 is 0 Å². The Morgan fingerprint density at radius 2 is 1.85 bits per heavy atom. The molecule has 102 valence electrons. The largest absolute Gasteiger partial charge is 0.368 e. The van der Waals surface area contributed by atoms with E-state index in [0.717, 1.165) is 18.5 Å². The smallest absolute Gasteiger partial charge is 0.122 e. The molecular formula is C18H20N2. The van der Waals surface area contributed by atoms with Crippen LogP contribution in [0.1, 0.15) is 24.5 Å². The lowest BCUT2D eigenvalue weighted by atomic mass is 9.94. The van der Waals surface area contributed by atoms with Gasteiger partial charge in [0.25, 0.3) is 0 Å². The molecule has 0 aliphatic heterocycles. The minimum absolute atomic E-state index is 0.552. The molecule has 0 radical (unpaired) electrons. The van der Waals surface area contributed by atoms with Crippen molar-refractivity contribution in [3.05, 3.63) is 65.7 Å². The molecule has 1 unspecified atom stereocenters. The van der Waals surface area contributed by atoms with Crippen molar-refractivity contribution in [3.8, 4) is 6.07 Å². The Kier molecular flexibility index (Phi) is 4.42. The van der Waals surface area contributed by atoms with Gasteiger partial charge in [0.05, 0.1) is 6.07 Å². The number of anilines is 1. The van der Waals surface area contributed by atoms with Crippen LogP contribution in [0.4, 0.5) is 5.69 Å². The maximum Gasteiger partial charge on any atom is 0.122 e. The standard InChI is InChI=1S/C18H20N2/c1-15-7-6-10-17(13-15)20-18(2,14-19)12-11-16-8-4-3-5-9-16/h3-10,13,20H,11-12H2,1-2H3. The van der Waals surface area contributed by atoms with Crippen molar-refractivity contribution in [1.29, 1.82) is 5.26 Å². The summed E-state index contributed by atoms with van der Waals surface area (Å²) in [6, 6.07) is 20.8. The van der Waals surface area contributed by atoms with Crippen LogP contribution in [0.3, 0.4) is 0 Å². The molecule has 0 saturated heterocycles. The van der Waals surface area contributed by atoms with E-state index in [-0.39, 0.29) is 0 Å². The van der Waals surface area contributed by atoms with Gasteiger partial charge in [0.2, 0.25) is 0 Å². The van der Waals surface area contributed by atoms with Gasteiger partial charge in [0.15, 0.2) is 0 Å². The summed E-state index contributed by atoms with van der Waals surface area (Å²) in [6.07, 6.45) is 1.67. The Morgan fingerprint density at radius 1 is 1.10 bits per heavy atom. The van der Waals surface area contributed by atoms with Gasteiger partial charge in [-0.1, -0.05) is 42.5 Å². The van der Waals surface area contributed by atoms with E-state index in [1.165, 1.54) is 11.1 Å². The van der Waals surface area contributed by atoms with E-state index in [9.17, 15) is 5.26 Å². The van der Waals surface area contributed by atoms with Gasteiger partial charge in [-0.3, -0.25) is 0 Å². The Labute approximate surface area is 121 Å². The Morgan fingerprint density at radius 3 is 2.50 bits per heavy atom. The van der Waals surface area contributed by atoms with Gasteiger partial charge >= 0.3 is 0 Å². The fraction of sp³-hybridized carbons (Fsp3) is 0.278. The minimum Gasteiger partial charge on any atom is -0.368 e. The van der Waals surface area contributed by atoms with Gasteiger partial charge in [0.1, 0.15) is 5.54 Å². The van der Waals surface area contributed by atoms with Crippen LogP contribution >= 0.6 is 0 Å². The number of rotatable bonds is 5. The zero-order valence-corrected chi connectivity index (χ0v) is 12.1. The van der Waals surface area contributed by atoms with E-state index in [2.05, 4.69) is 42.6 Å². The lowest BCUT2D eigenvalue weighted by molar-refractivity contribution is 0.589. The summed E-state index contributed by atoms with van der Waals surface area (Å²) in [7, 11) is 0. The van der Waals surface area contributed by atoms with Crippen LogP contribution in [0.2, 0.25) is 0 Å². The SMILES string of the molecule is Cc1cccc(NC(C)(C#N)CCc2ccccc2)c1. The van der Waals surface area contributed by atoms with Gasteiger partial charge in [-0.05, 0) is 49.9 Å². The molecule has 0 aromatic heterocycles. The van der Waals surface area contributed by atoms with E-state index in [1.807, 2.05) is 37.3 Å².